The number of nitrogens with zero attached hydrogens (tertiary/aromatic N) is 2. The van der Waals surface area contributed by atoms with Crippen LogP contribution < -0.4 is 35.0 Å². The van der Waals surface area contributed by atoms with Crippen molar-refractivity contribution >= 4 is 0 Å². The van der Waals surface area contributed by atoms with E-state index < -0.39 is 5.92 Å². The first-order valence-corrected chi connectivity index (χ1v) is 11.6. The number of aryl methyl sites for hydroxylation is 2. The van der Waals surface area contributed by atoms with Gasteiger partial charge >= 0.3 is 0 Å². The molecule has 3 aromatic rings. The molecule has 0 saturated heterocycles. The lowest BCUT2D eigenvalue weighted by atomic mass is 9.83. The minimum Gasteiger partial charge on any atom is -0.493 e. The quantitative estimate of drug-likeness (QED) is 0.495. The molecule has 37 heavy (non-hydrogen) atoms. The van der Waals surface area contributed by atoms with E-state index in [0.29, 0.717) is 58.5 Å². The van der Waals surface area contributed by atoms with E-state index in [0.717, 1.165) is 5.56 Å². The number of nitrogens with two attached hydrogens (primary N) is 1. The highest BCUT2D eigenvalue weighted by Gasteiger charge is 2.36. The summed E-state index contributed by atoms with van der Waals surface area (Å²) < 4.78 is 29.3. The Morgan fingerprint density at radius 2 is 1.73 bits per heavy atom. The van der Waals surface area contributed by atoms with Crippen LogP contribution in [0.4, 0.5) is 0 Å². The fourth-order valence-corrected chi connectivity index (χ4v) is 4.69. The lowest BCUT2D eigenvalue weighted by molar-refractivity contribution is 0.348. The Morgan fingerprint density at radius 1 is 1.00 bits per heavy atom. The van der Waals surface area contributed by atoms with E-state index >= 15 is 0 Å². The van der Waals surface area contributed by atoms with Gasteiger partial charge in [-0.25, -0.2) is 0 Å². The van der Waals surface area contributed by atoms with E-state index in [9.17, 15) is 10.1 Å². The highest BCUT2D eigenvalue weighted by atomic mass is 16.5. The highest BCUT2D eigenvalue weighted by molar-refractivity contribution is 5.60. The number of methoxy groups -OCH3 is 4. The summed E-state index contributed by atoms with van der Waals surface area (Å²) in [5.74, 6) is 1.62. The van der Waals surface area contributed by atoms with Crippen LogP contribution in [0.5, 0.6) is 28.7 Å². The largest absolute Gasteiger partial charge is 0.493 e. The molecule has 9 nitrogen and oxygen atoms in total. The molecule has 1 unspecified atom stereocenters. The van der Waals surface area contributed by atoms with Gasteiger partial charge in [0.25, 0.3) is 5.56 Å². The number of benzene rings is 2. The number of nitriles is 1. The Morgan fingerprint density at radius 3 is 2.38 bits per heavy atom. The van der Waals surface area contributed by atoms with Crippen LogP contribution in [0.15, 0.2) is 58.7 Å². The normalized spacial score (nSPS) is 14.3. The lowest BCUT2D eigenvalue weighted by Gasteiger charge is -2.28. The van der Waals surface area contributed by atoms with Crippen molar-refractivity contribution in [3.63, 3.8) is 0 Å². The number of para-hydroxylation sites is 1. The standard InChI is InChI=1S/C28H29N3O6/c1-16-13-23-25(28(32)31(16)12-11-17-9-10-20(33-2)22(14-17)35-4)24(19(15-29)27(30)37-23)18-7-6-8-21(34-3)26(18)36-5/h6-10,13-14,24H,11-12,30H2,1-5H3. The molecule has 1 aromatic heterocycles. The van der Waals surface area contributed by atoms with E-state index in [1.165, 1.54) is 14.2 Å². The number of aromatic nitrogens is 1. The van der Waals surface area contributed by atoms with Crippen molar-refractivity contribution in [1.82, 2.24) is 4.57 Å². The molecular weight excluding hydrogens is 474 g/mol. The van der Waals surface area contributed by atoms with E-state index in [1.54, 1.807) is 43.1 Å². The molecule has 1 aliphatic heterocycles. The second-order valence-electron chi connectivity index (χ2n) is 8.47. The molecule has 0 spiro atoms. The van der Waals surface area contributed by atoms with Crippen LogP contribution in [0.1, 0.15) is 28.3 Å². The predicted octanol–water partition coefficient (Wildman–Crippen LogP) is 3.65. The average molecular weight is 504 g/mol. The number of rotatable bonds is 8. The van der Waals surface area contributed by atoms with E-state index in [-0.39, 0.29) is 17.0 Å². The zero-order chi connectivity index (χ0) is 26.7. The molecule has 1 aliphatic rings. The molecule has 9 heteroatoms. The maximum atomic E-state index is 14.0. The van der Waals surface area contributed by atoms with Crippen LogP contribution in [0.2, 0.25) is 0 Å². The van der Waals surface area contributed by atoms with Crippen LogP contribution in [0.3, 0.4) is 0 Å². The fourth-order valence-electron chi connectivity index (χ4n) is 4.69. The number of fused-ring (bicyclic) bond motifs is 1. The summed E-state index contributed by atoms with van der Waals surface area (Å²) >= 11 is 0. The summed E-state index contributed by atoms with van der Waals surface area (Å²) in [6.45, 7) is 2.23. The maximum absolute atomic E-state index is 14.0. The Bertz CT molecular complexity index is 1470. The molecule has 0 radical (unpaired) electrons. The number of hydrogen-bond donors (Lipinski definition) is 1. The number of ether oxygens (including phenoxy) is 5. The smallest absolute Gasteiger partial charge is 0.258 e. The summed E-state index contributed by atoms with van der Waals surface area (Å²) in [6.07, 6.45) is 0.566. The zero-order valence-corrected chi connectivity index (χ0v) is 21.5. The molecule has 4 rings (SSSR count). The first-order valence-electron chi connectivity index (χ1n) is 11.6. The highest BCUT2D eigenvalue weighted by Crippen LogP contribution is 2.46. The first-order chi connectivity index (χ1) is 17.9. The topological polar surface area (TPSA) is 118 Å². The molecule has 2 N–H and O–H groups in total. The van der Waals surface area contributed by atoms with Gasteiger partial charge in [0, 0.05) is 23.9 Å². The third-order valence-electron chi connectivity index (χ3n) is 6.51. The minimum absolute atomic E-state index is 0.0493. The third-order valence-corrected chi connectivity index (χ3v) is 6.51. The molecule has 0 saturated carbocycles. The predicted molar refractivity (Wildman–Crippen MR) is 138 cm³/mol. The molecular formula is C28H29N3O6. The third kappa shape index (κ3) is 4.54. The van der Waals surface area contributed by atoms with Gasteiger partial charge in [0.15, 0.2) is 23.0 Å². The van der Waals surface area contributed by atoms with Crippen molar-refractivity contribution in [2.45, 2.75) is 25.8 Å². The van der Waals surface area contributed by atoms with Crippen LogP contribution >= 0.6 is 0 Å². The molecule has 192 valence electrons. The van der Waals surface area contributed by atoms with Crippen molar-refractivity contribution in [2.24, 2.45) is 5.73 Å². The van der Waals surface area contributed by atoms with E-state index in [4.69, 9.17) is 29.4 Å². The second kappa shape index (κ2) is 10.6. The van der Waals surface area contributed by atoms with Gasteiger partial charge in [-0.3, -0.25) is 4.79 Å². The maximum Gasteiger partial charge on any atom is 0.258 e. The number of hydrogen-bond acceptors (Lipinski definition) is 8. The monoisotopic (exact) mass is 503 g/mol. The molecule has 1 atom stereocenters. The average Bonchev–Trinajstić information content (AvgIpc) is 2.91. The van der Waals surface area contributed by atoms with Crippen LogP contribution in [-0.2, 0) is 13.0 Å². The Balaban J connectivity index is 1.83. The summed E-state index contributed by atoms with van der Waals surface area (Å²) in [7, 11) is 6.20. The van der Waals surface area contributed by atoms with Crippen LogP contribution in [-0.4, -0.2) is 33.0 Å². The van der Waals surface area contributed by atoms with Gasteiger partial charge in [-0.15, -0.1) is 0 Å². The van der Waals surface area contributed by atoms with E-state index in [1.807, 2.05) is 25.1 Å². The van der Waals surface area contributed by atoms with Gasteiger partial charge in [-0.2, -0.15) is 5.26 Å². The summed E-state index contributed by atoms with van der Waals surface area (Å²) in [5.41, 5.74) is 8.59. The minimum atomic E-state index is -0.792. The lowest BCUT2D eigenvalue weighted by Crippen LogP contribution is -2.33. The summed E-state index contributed by atoms with van der Waals surface area (Å²) in [6, 6.07) is 14.9. The van der Waals surface area contributed by atoms with Gasteiger partial charge in [0.05, 0.1) is 39.9 Å². The summed E-state index contributed by atoms with van der Waals surface area (Å²) in [4.78, 5) is 14.0. The molecule has 0 fully saturated rings. The fraction of sp³-hybridized carbons (Fsp3) is 0.286. The van der Waals surface area contributed by atoms with Gasteiger partial charge < -0.3 is 34.0 Å². The van der Waals surface area contributed by atoms with Gasteiger partial charge in [0.1, 0.15) is 17.4 Å². The van der Waals surface area contributed by atoms with Crippen molar-refractivity contribution < 1.29 is 23.7 Å². The first kappa shape index (κ1) is 25.5. The van der Waals surface area contributed by atoms with Crippen molar-refractivity contribution in [3.8, 4) is 34.8 Å². The van der Waals surface area contributed by atoms with Crippen molar-refractivity contribution in [1.29, 1.82) is 5.26 Å². The SMILES string of the molecule is COc1ccc(CCn2c(C)cc3c(c2=O)C(c2cccc(OC)c2OC)C(C#N)=C(N)O3)cc1OC. The number of allylic oxidation sites excluding steroid dienone is 1. The molecule has 2 aromatic carbocycles. The van der Waals surface area contributed by atoms with Gasteiger partial charge in [-0.1, -0.05) is 18.2 Å². The molecule has 2 heterocycles. The summed E-state index contributed by atoms with van der Waals surface area (Å²) in [5, 5.41) is 10.00. The Labute approximate surface area is 215 Å². The van der Waals surface area contributed by atoms with Gasteiger partial charge in [0.2, 0.25) is 5.88 Å². The van der Waals surface area contributed by atoms with E-state index in [2.05, 4.69) is 6.07 Å². The van der Waals surface area contributed by atoms with Crippen molar-refractivity contribution in [3.05, 3.63) is 86.7 Å². The van der Waals surface area contributed by atoms with Crippen molar-refractivity contribution in [2.75, 3.05) is 28.4 Å². The second-order valence-corrected chi connectivity index (χ2v) is 8.47. The van der Waals surface area contributed by atoms with Crippen LogP contribution in [0, 0.1) is 18.3 Å². The van der Waals surface area contributed by atoms with Crippen LogP contribution in [0.25, 0.3) is 0 Å². The molecule has 0 bridgehead atoms. The Kier molecular flexibility index (Phi) is 7.30. The number of pyridine rings is 1. The Hall–Kier alpha value is -4.58. The van der Waals surface area contributed by atoms with Gasteiger partial charge in [-0.05, 0) is 37.1 Å². The molecule has 0 amide bonds. The zero-order valence-electron chi connectivity index (χ0n) is 21.5. The molecule has 0 aliphatic carbocycles.